The molecule has 0 unspecified atom stereocenters. The summed E-state index contributed by atoms with van der Waals surface area (Å²) < 4.78 is 22.9. The van der Waals surface area contributed by atoms with Crippen molar-refractivity contribution in [3.63, 3.8) is 0 Å². The molecule has 3 aromatic rings. The molecule has 0 atom stereocenters. The number of aromatic nitrogens is 1. The molecule has 2 aromatic carbocycles. The average molecular weight is 299 g/mol. The molecule has 0 fully saturated rings. The van der Waals surface area contributed by atoms with E-state index < -0.39 is 9.84 Å². The maximum atomic E-state index is 11.5. The lowest BCUT2D eigenvalue weighted by atomic mass is 10.0. The van der Waals surface area contributed by atoms with E-state index in [1.54, 1.807) is 30.5 Å². The zero-order valence-corrected chi connectivity index (χ0v) is 12.1. The highest BCUT2D eigenvalue weighted by molar-refractivity contribution is 7.90. The Hall–Kier alpha value is -2.40. The van der Waals surface area contributed by atoms with Gasteiger partial charge in [-0.05, 0) is 35.4 Å². The van der Waals surface area contributed by atoms with E-state index in [0.29, 0.717) is 10.5 Å². The minimum Gasteiger partial charge on any atom is -0.360 e. The van der Waals surface area contributed by atoms with Crippen LogP contribution in [0.25, 0.3) is 22.0 Å². The number of rotatable bonds is 3. The fourth-order valence-electron chi connectivity index (χ4n) is 2.31. The standard InChI is InChI=1S/C16H13NO3S/c1-21(19,20)14-5-2-11(3-6-14)12-4-7-16-15(8-12)13(10-18)9-17-16/h2-10,17H,1H3. The number of aromatic amines is 1. The van der Waals surface area contributed by atoms with Gasteiger partial charge in [0.25, 0.3) is 0 Å². The summed E-state index contributed by atoms with van der Waals surface area (Å²) in [6.45, 7) is 0. The van der Waals surface area contributed by atoms with Crippen molar-refractivity contribution in [3.8, 4) is 11.1 Å². The Balaban J connectivity index is 2.09. The van der Waals surface area contributed by atoms with Gasteiger partial charge in [-0.1, -0.05) is 18.2 Å². The molecule has 1 aromatic heterocycles. The summed E-state index contributed by atoms with van der Waals surface area (Å²) >= 11 is 0. The maximum absolute atomic E-state index is 11.5. The number of carbonyl (C=O) groups excluding carboxylic acids is 1. The molecule has 0 aliphatic carbocycles. The van der Waals surface area contributed by atoms with E-state index in [1.807, 2.05) is 18.2 Å². The number of sulfone groups is 1. The van der Waals surface area contributed by atoms with Crippen LogP contribution in [0.5, 0.6) is 0 Å². The predicted molar refractivity (Wildman–Crippen MR) is 82.2 cm³/mol. The highest BCUT2D eigenvalue weighted by Gasteiger charge is 2.08. The van der Waals surface area contributed by atoms with Gasteiger partial charge in [-0.15, -0.1) is 0 Å². The zero-order valence-electron chi connectivity index (χ0n) is 11.3. The lowest BCUT2D eigenvalue weighted by Gasteiger charge is -2.04. The Bertz CT molecular complexity index is 922. The van der Waals surface area contributed by atoms with Crippen LogP contribution in [0.15, 0.2) is 53.6 Å². The van der Waals surface area contributed by atoms with Crippen LogP contribution in [0.4, 0.5) is 0 Å². The maximum Gasteiger partial charge on any atom is 0.175 e. The lowest BCUT2D eigenvalue weighted by molar-refractivity contribution is 0.112. The number of hydrogen-bond donors (Lipinski definition) is 1. The molecule has 106 valence electrons. The van der Waals surface area contributed by atoms with E-state index in [4.69, 9.17) is 0 Å². The van der Waals surface area contributed by atoms with Gasteiger partial charge in [0.15, 0.2) is 16.1 Å². The summed E-state index contributed by atoms with van der Waals surface area (Å²) in [5.41, 5.74) is 3.35. The monoisotopic (exact) mass is 299 g/mol. The zero-order chi connectivity index (χ0) is 15.0. The van der Waals surface area contributed by atoms with Crippen LogP contribution in [0.2, 0.25) is 0 Å². The molecule has 0 saturated heterocycles. The van der Waals surface area contributed by atoms with Crippen molar-refractivity contribution in [2.45, 2.75) is 4.90 Å². The molecule has 0 saturated carbocycles. The average Bonchev–Trinajstić information content (AvgIpc) is 2.88. The van der Waals surface area contributed by atoms with Crippen molar-refractivity contribution < 1.29 is 13.2 Å². The van der Waals surface area contributed by atoms with Crippen molar-refractivity contribution in [2.75, 3.05) is 6.26 Å². The SMILES string of the molecule is CS(=O)(=O)c1ccc(-c2ccc3[nH]cc(C=O)c3c2)cc1. The van der Waals surface area contributed by atoms with E-state index in [-0.39, 0.29) is 0 Å². The fourth-order valence-corrected chi connectivity index (χ4v) is 2.94. The first-order valence-corrected chi connectivity index (χ1v) is 8.25. The Morgan fingerprint density at radius 1 is 1.00 bits per heavy atom. The van der Waals surface area contributed by atoms with E-state index >= 15 is 0 Å². The number of aldehydes is 1. The minimum absolute atomic E-state index is 0.294. The van der Waals surface area contributed by atoms with Crippen LogP contribution < -0.4 is 0 Å². The second-order valence-corrected chi connectivity index (χ2v) is 6.93. The first-order valence-electron chi connectivity index (χ1n) is 6.36. The second kappa shape index (κ2) is 4.86. The predicted octanol–water partition coefficient (Wildman–Crippen LogP) is 3.05. The molecule has 1 heterocycles. The van der Waals surface area contributed by atoms with Crippen LogP contribution in [-0.4, -0.2) is 25.9 Å². The molecule has 0 bridgehead atoms. The second-order valence-electron chi connectivity index (χ2n) is 4.92. The minimum atomic E-state index is -3.19. The van der Waals surface area contributed by atoms with Crippen molar-refractivity contribution in [1.29, 1.82) is 0 Å². The fraction of sp³-hybridized carbons (Fsp3) is 0.0625. The topological polar surface area (TPSA) is 67.0 Å². The highest BCUT2D eigenvalue weighted by atomic mass is 32.2. The number of H-pyrrole nitrogens is 1. The first-order chi connectivity index (χ1) is 9.99. The Morgan fingerprint density at radius 2 is 1.67 bits per heavy atom. The summed E-state index contributed by atoms with van der Waals surface area (Å²) in [6, 6.07) is 12.5. The van der Waals surface area contributed by atoms with Gasteiger partial charge in [-0.3, -0.25) is 4.79 Å². The van der Waals surface area contributed by atoms with E-state index in [9.17, 15) is 13.2 Å². The molecule has 4 nitrogen and oxygen atoms in total. The van der Waals surface area contributed by atoms with Gasteiger partial charge in [-0.25, -0.2) is 8.42 Å². The molecular weight excluding hydrogens is 286 g/mol. The summed E-state index contributed by atoms with van der Waals surface area (Å²) in [6.07, 6.45) is 3.67. The van der Waals surface area contributed by atoms with E-state index in [2.05, 4.69) is 4.98 Å². The molecule has 0 amide bonds. The number of hydrogen-bond acceptors (Lipinski definition) is 3. The number of nitrogens with one attached hydrogen (secondary N) is 1. The van der Waals surface area contributed by atoms with Crippen LogP contribution in [-0.2, 0) is 9.84 Å². The Kier molecular flexibility index (Phi) is 3.14. The third-order valence-electron chi connectivity index (χ3n) is 3.46. The molecule has 3 rings (SSSR count). The van der Waals surface area contributed by atoms with Crippen molar-refractivity contribution >= 4 is 27.0 Å². The molecule has 1 N–H and O–H groups in total. The molecule has 5 heteroatoms. The quantitative estimate of drug-likeness (QED) is 0.756. The summed E-state index contributed by atoms with van der Waals surface area (Å²) in [7, 11) is -3.19. The smallest absolute Gasteiger partial charge is 0.175 e. The number of benzene rings is 2. The van der Waals surface area contributed by atoms with Crippen molar-refractivity contribution in [3.05, 3.63) is 54.2 Å². The third kappa shape index (κ3) is 2.48. The molecular formula is C16H13NO3S. The summed E-state index contributed by atoms with van der Waals surface area (Å²) in [4.78, 5) is 14.3. The number of carbonyl (C=O) groups is 1. The largest absolute Gasteiger partial charge is 0.360 e. The van der Waals surface area contributed by atoms with Crippen LogP contribution >= 0.6 is 0 Å². The third-order valence-corrected chi connectivity index (χ3v) is 4.58. The van der Waals surface area contributed by atoms with Crippen LogP contribution in [0, 0.1) is 0 Å². The molecule has 0 radical (unpaired) electrons. The molecule has 0 spiro atoms. The molecule has 21 heavy (non-hydrogen) atoms. The lowest BCUT2D eigenvalue weighted by Crippen LogP contribution is -1.96. The normalized spacial score (nSPS) is 11.7. The van der Waals surface area contributed by atoms with E-state index in [1.165, 1.54) is 6.26 Å². The van der Waals surface area contributed by atoms with Crippen LogP contribution in [0.1, 0.15) is 10.4 Å². The highest BCUT2D eigenvalue weighted by Crippen LogP contribution is 2.26. The summed E-state index contributed by atoms with van der Waals surface area (Å²) in [5, 5.41) is 0.856. The van der Waals surface area contributed by atoms with Gasteiger partial charge >= 0.3 is 0 Å². The van der Waals surface area contributed by atoms with Crippen molar-refractivity contribution in [2.24, 2.45) is 0 Å². The Morgan fingerprint density at radius 3 is 2.29 bits per heavy atom. The molecule has 0 aliphatic heterocycles. The first kappa shape index (κ1) is 13.6. The van der Waals surface area contributed by atoms with Crippen molar-refractivity contribution in [1.82, 2.24) is 4.98 Å². The van der Waals surface area contributed by atoms with E-state index in [0.717, 1.165) is 28.3 Å². The van der Waals surface area contributed by atoms with Crippen LogP contribution in [0.3, 0.4) is 0 Å². The van der Waals surface area contributed by atoms with Gasteiger partial charge in [0, 0.05) is 28.9 Å². The van der Waals surface area contributed by atoms with Gasteiger partial charge in [0.2, 0.25) is 0 Å². The Labute approximate surface area is 122 Å². The van der Waals surface area contributed by atoms with Gasteiger partial charge < -0.3 is 4.98 Å². The summed E-state index contributed by atoms with van der Waals surface area (Å²) in [5.74, 6) is 0. The van der Waals surface area contributed by atoms with Gasteiger partial charge in [0.1, 0.15) is 0 Å². The van der Waals surface area contributed by atoms with Gasteiger partial charge in [0.05, 0.1) is 4.90 Å². The molecule has 0 aliphatic rings. The van der Waals surface area contributed by atoms with Gasteiger partial charge in [-0.2, -0.15) is 0 Å². The number of fused-ring (bicyclic) bond motifs is 1.